The van der Waals surface area contributed by atoms with Gasteiger partial charge < -0.3 is 0 Å². The van der Waals surface area contributed by atoms with Gasteiger partial charge in [0.15, 0.2) is 0 Å². The third-order valence-electron chi connectivity index (χ3n) is 3.80. The monoisotopic (exact) mass is 320 g/mol. The number of nitrogens with one attached hydrogen (secondary N) is 1. The summed E-state index contributed by atoms with van der Waals surface area (Å²) in [6, 6.07) is 7.77. The lowest BCUT2D eigenvalue weighted by molar-refractivity contribution is 0.0958. The van der Waals surface area contributed by atoms with Crippen LogP contribution in [0.2, 0.25) is 5.02 Å². The van der Waals surface area contributed by atoms with Crippen molar-refractivity contribution in [1.82, 2.24) is 5.43 Å². The molecule has 0 bridgehead atoms. The first-order valence-corrected chi connectivity index (χ1v) is 8.37. The Bertz CT molecular complexity index is 707. The highest BCUT2D eigenvalue weighted by Gasteiger charge is 2.18. The van der Waals surface area contributed by atoms with E-state index in [0.29, 0.717) is 15.8 Å². The molecule has 0 saturated heterocycles. The number of carbonyl (C=O) groups excluding carboxylic acids is 1. The average molecular weight is 321 g/mol. The SMILES string of the molecule is CC1CCC/C(=N/NC(=O)c2sc3ccccc3c2Cl)C1. The zero-order valence-corrected chi connectivity index (χ0v) is 13.4. The summed E-state index contributed by atoms with van der Waals surface area (Å²) in [5.74, 6) is 0.439. The number of nitrogens with zero attached hydrogens (tertiary/aromatic N) is 1. The Morgan fingerprint density at radius 1 is 1.43 bits per heavy atom. The maximum absolute atomic E-state index is 12.3. The minimum absolute atomic E-state index is 0.216. The van der Waals surface area contributed by atoms with Crippen molar-refractivity contribution in [2.75, 3.05) is 0 Å². The van der Waals surface area contributed by atoms with Crippen LogP contribution in [-0.4, -0.2) is 11.6 Å². The minimum atomic E-state index is -0.216. The number of benzene rings is 1. The van der Waals surface area contributed by atoms with Gasteiger partial charge in [-0.3, -0.25) is 4.79 Å². The van der Waals surface area contributed by atoms with Crippen molar-refractivity contribution in [3.05, 3.63) is 34.2 Å². The van der Waals surface area contributed by atoms with Gasteiger partial charge in [-0.1, -0.05) is 36.7 Å². The maximum atomic E-state index is 12.3. The Hall–Kier alpha value is -1.39. The molecule has 1 aromatic heterocycles. The molecular weight excluding hydrogens is 304 g/mol. The van der Waals surface area contributed by atoms with Crippen molar-refractivity contribution in [2.45, 2.75) is 32.6 Å². The molecule has 1 aliphatic rings. The average Bonchev–Trinajstić information content (AvgIpc) is 2.83. The summed E-state index contributed by atoms with van der Waals surface area (Å²) in [4.78, 5) is 12.8. The summed E-state index contributed by atoms with van der Waals surface area (Å²) >= 11 is 7.70. The maximum Gasteiger partial charge on any atom is 0.283 e. The molecule has 1 saturated carbocycles. The van der Waals surface area contributed by atoms with Crippen LogP contribution in [0.4, 0.5) is 0 Å². The fourth-order valence-corrected chi connectivity index (χ4v) is 4.11. The first-order chi connectivity index (χ1) is 10.1. The summed E-state index contributed by atoms with van der Waals surface area (Å²) in [5.41, 5.74) is 3.75. The highest BCUT2D eigenvalue weighted by Crippen LogP contribution is 2.35. The number of amides is 1. The number of hydrogen-bond donors (Lipinski definition) is 1. The molecular formula is C16H17ClN2OS. The van der Waals surface area contributed by atoms with Gasteiger partial charge in [-0.15, -0.1) is 11.3 Å². The van der Waals surface area contributed by atoms with Crippen molar-refractivity contribution in [3.63, 3.8) is 0 Å². The van der Waals surface area contributed by atoms with Crippen LogP contribution in [-0.2, 0) is 0 Å². The number of halogens is 1. The molecule has 1 aromatic carbocycles. The zero-order chi connectivity index (χ0) is 14.8. The van der Waals surface area contributed by atoms with Crippen molar-refractivity contribution >= 4 is 44.6 Å². The van der Waals surface area contributed by atoms with Gasteiger partial charge in [0.2, 0.25) is 0 Å². The Kier molecular flexibility index (Phi) is 4.27. The number of hydrogen-bond acceptors (Lipinski definition) is 3. The van der Waals surface area contributed by atoms with E-state index in [9.17, 15) is 4.79 Å². The smallest absolute Gasteiger partial charge is 0.266 e. The van der Waals surface area contributed by atoms with Gasteiger partial charge in [0, 0.05) is 15.8 Å². The molecule has 3 rings (SSSR count). The van der Waals surface area contributed by atoms with E-state index < -0.39 is 0 Å². The summed E-state index contributed by atoms with van der Waals surface area (Å²) in [6.07, 6.45) is 4.35. The number of fused-ring (bicyclic) bond motifs is 1. The summed E-state index contributed by atoms with van der Waals surface area (Å²) < 4.78 is 1.02. The van der Waals surface area contributed by atoms with Crippen LogP contribution in [0.1, 0.15) is 42.3 Å². The standard InChI is InChI=1S/C16H17ClN2OS/c1-10-5-4-6-11(9-10)18-19-16(20)15-14(17)12-7-2-3-8-13(12)21-15/h2-3,7-8,10H,4-6,9H2,1H3,(H,19,20)/b18-11-. The first kappa shape index (κ1) is 14.5. The Morgan fingerprint density at radius 3 is 3.00 bits per heavy atom. The van der Waals surface area contributed by atoms with Crippen LogP contribution in [0.5, 0.6) is 0 Å². The van der Waals surface area contributed by atoms with Gasteiger partial charge in [-0.25, -0.2) is 5.43 Å². The number of rotatable bonds is 2. The summed E-state index contributed by atoms with van der Waals surface area (Å²) in [5, 5.41) is 5.73. The molecule has 21 heavy (non-hydrogen) atoms. The second-order valence-electron chi connectivity index (χ2n) is 5.56. The van der Waals surface area contributed by atoms with Crippen molar-refractivity contribution in [1.29, 1.82) is 0 Å². The van der Waals surface area contributed by atoms with E-state index >= 15 is 0 Å². The minimum Gasteiger partial charge on any atom is -0.266 e. The second kappa shape index (κ2) is 6.16. The Balaban J connectivity index is 1.78. The Morgan fingerprint density at radius 2 is 2.24 bits per heavy atom. The van der Waals surface area contributed by atoms with E-state index in [0.717, 1.165) is 35.1 Å². The fraction of sp³-hybridized carbons (Fsp3) is 0.375. The molecule has 2 aromatic rings. The quantitative estimate of drug-likeness (QED) is 0.789. The van der Waals surface area contributed by atoms with Gasteiger partial charge in [0.05, 0.1) is 5.02 Å². The molecule has 0 aliphatic heterocycles. The van der Waals surface area contributed by atoms with Crippen LogP contribution in [0.15, 0.2) is 29.4 Å². The number of thiophene rings is 1. The topological polar surface area (TPSA) is 41.5 Å². The molecule has 0 radical (unpaired) electrons. The van der Waals surface area contributed by atoms with E-state index in [2.05, 4.69) is 17.5 Å². The molecule has 1 unspecified atom stereocenters. The number of carbonyl (C=O) groups is 1. The highest BCUT2D eigenvalue weighted by atomic mass is 35.5. The third kappa shape index (κ3) is 3.11. The molecule has 110 valence electrons. The highest BCUT2D eigenvalue weighted by molar-refractivity contribution is 7.21. The van der Waals surface area contributed by atoms with Crippen molar-refractivity contribution in [3.8, 4) is 0 Å². The lowest BCUT2D eigenvalue weighted by atomic mass is 9.89. The predicted octanol–water partition coefficient (Wildman–Crippen LogP) is 4.85. The normalized spacial score (nSPS) is 20.9. The van der Waals surface area contributed by atoms with Gasteiger partial charge in [-0.2, -0.15) is 5.10 Å². The second-order valence-corrected chi connectivity index (χ2v) is 6.99. The number of hydrazone groups is 1. The predicted molar refractivity (Wildman–Crippen MR) is 89.4 cm³/mol. The van der Waals surface area contributed by atoms with E-state index in [-0.39, 0.29) is 5.91 Å². The van der Waals surface area contributed by atoms with Crippen LogP contribution >= 0.6 is 22.9 Å². The van der Waals surface area contributed by atoms with E-state index in [1.54, 1.807) is 0 Å². The van der Waals surface area contributed by atoms with Crippen molar-refractivity contribution in [2.24, 2.45) is 11.0 Å². The van der Waals surface area contributed by atoms with Gasteiger partial charge in [0.25, 0.3) is 5.91 Å². The molecule has 1 fully saturated rings. The molecule has 1 heterocycles. The van der Waals surface area contributed by atoms with Crippen LogP contribution in [0.3, 0.4) is 0 Å². The molecule has 5 heteroatoms. The molecule has 3 nitrogen and oxygen atoms in total. The van der Waals surface area contributed by atoms with E-state index in [1.165, 1.54) is 17.8 Å². The van der Waals surface area contributed by atoms with Crippen LogP contribution < -0.4 is 5.43 Å². The lowest BCUT2D eigenvalue weighted by Crippen LogP contribution is -2.21. The van der Waals surface area contributed by atoms with E-state index in [4.69, 9.17) is 11.6 Å². The Labute approximate surface area is 133 Å². The zero-order valence-electron chi connectivity index (χ0n) is 11.9. The van der Waals surface area contributed by atoms with Crippen LogP contribution in [0, 0.1) is 5.92 Å². The first-order valence-electron chi connectivity index (χ1n) is 7.18. The largest absolute Gasteiger partial charge is 0.283 e. The summed E-state index contributed by atoms with van der Waals surface area (Å²) in [6.45, 7) is 2.22. The van der Waals surface area contributed by atoms with Gasteiger partial charge >= 0.3 is 0 Å². The van der Waals surface area contributed by atoms with Gasteiger partial charge in [-0.05, 0) is 37.7 Å². The molecule has 0 spiro atoms. The third-order valence-corrected chi connectivity index (χ3v) is 5.48. The molecule has 1 amide bonds. The van der Waals surface area contributed by atoms with E-state index in [1.807, 2.05) is 24.3 Å². The van der Waals surface area contributed by atoms with Crippen LogP contribution in [0.25, 0.3) is 10.1 Å². The molecule has 1 aliphatic carbocycles. The molecule has 1 atom stereocenters. The van der Waals surface area contributed by atoms with Gasteiger partial charge in [0.1, 0.15) is 4.88 Å². The van der Waals surface area contributed by atoms with Crippen molar-refractivity contribution < 1.29 is 4.79 Å². The summed E-state index contributed by atoms with van der Waals surface area (Å²) in [7, 11) is 0. The fourth-order valence-electron chi connectivity index (χ4n) is 2.70. The lowest BCUT2D eigenvalue weighted by Gasteiger charge is -2.18. The molecule has 1 N–H and O–H groups in total.